The van der Waals surface area contributed by atoms with E-state index in [0.29, 0.717) is 0 Å². The summed E-state index contributed by atoms with van der Waals surface area (Å²) in [4.78, 5) is 18.6. The number of benzene rings is 3. The normalized spacial score (nSPS) is 10.8. The van der Waals surface area contributed by atoms with E-state index < -0.39 is 0 Å². The molecule has 7 rings (SSSR count). The van der Waals surface area contributed by atoms with Crippen molar-refractivity contribution in [3.05, 3.63) is 146 Å². The fourth-order valence-electron chi connectivity index (χ4n) is 5.30. The molecule has 0 radical (unpaired) electrons. The predicted molar refractivity (Wildman–Crippen MR) is 187 cm³/mol. The maximum absolute atomic E-state index is 5.40. The minimum absolute atomic E-state index is 0.815. The van der Waals surface area contributed by atoms with Crippen molar-refractivity contribution in [2.45, 2.75) is 0 Å². The van der Waals surface area contributed by atoms with Crippen LogP contribution in [0.25, 0.3) is 43.7 Å². The van der Waals surface area contributed by atoms with E-state index in [1.807, 2.05) is 60.7 Å². The maximum atomic E-state index is 5.40. The summed E-state index contributed by atoms with van der Waals surface area (Å²) in [6.07, 6.45) is 3.59. The minimum Gasteiger partial charge on any atom is -0.497 e. The summed E-state index contributed by atoms with van der Waals surface area (Å²) in [5.41, 5.74) is 8.61. The molecular weight excluding hydrogens is 589 g/mol. The van der Waals surface area contributed by atoms with Crippen molar-refractivity contribution >= 4 is 28.4 Å². The summed E-state index contributed by atoms with van der Waals surface area (Å²) in [5, 5.41) is 0. The number of thiophene rings is 1. The summed E-state index contributed by atoms with van der Waals surface area (Å²) in [7, 11) is 3.36. The minimum atomic E-state index is 0.815. The lowest BCUT2D eigenvalue weighted by Crippen LogP contribution is -2.09. The number of aromatic nitrogens is 3. The number of nitrogens with zero attached hydrogens (tertiary/aromatic N) is 4. The summed E-state index contributed by atoms with van der Waals surface area (Å²) in [6, 6.07) is 45.2. The van der Waals surface area contributed by atoms with Gasteiger partial charge in [-0.2, -0.15) is 0 Å². The van der Waals surface area contributed by atoms with E-state index in [1.165, 1.54) is 4.88 Å². The second kappa shape index (κ2) is 13.1. The Hall–Kier alpha value is -5.79. The highest BCUT2D eigenvalue weighted by atomic mass is 32.1. The van der Waals surface area contributed by atoms with Crippen LogP contribution < -0.4 is 14.4 Å². The second-order valence-electron chi connectivity index (χ2n) is 10.5. The lowest BCUT2D eigenvalue weighted by atomic mass is 10.1. The lowest BCUT2D eigenvalue weighted by molar-refractivity contribution is 0.415. The summed E-state index contributed by atoms with van der Waals surface area (Å²) in [6.45, 7) is 0. The summed E-state index contributed by atoms with van der Waals surface area (Å²) >= 11 is 1.75. The third kappa shape index (κ3) is 6.09. The topological polar surface area (TPSA) is 60.4 Å². The van der Waals surface area contributed by atoms with Crippen molar-refractivity contribution in [2.75, 3.05) is 19.1 Å². The third-order valence-corrected chi connectivity index (χ3v) is 8.83. The molecule has 0 bridgehead atoms. The van der Waals surface area contributed by atoms with E-state index in [2.05, 4.69) is 87.7 Å². The molecule has 0 amide bonds. The molecule has 0 atom stereocenters. The standard InChI is InChI=1S/C39H30N4O2S/c1-44-32-17-13-30(14-18-32)43(31-15-19-33(45-2)20-16-31)29-11-9-27(10-12-29)38-21-22-39(46-38)28-25-36(34-7-3-5-23-40-34)42-37(26-28)35-8-4-6-24-41-35/h3-26H,1-2H3. The molecule has 0 saturated heterocycles. The zero-order valence-corrected chi connectivity index (χ0v) is 26.2. The van der Waals surface area contributed by atoms with Gasteiger partial charge in [-0.3, -0.25) is 9.97 Å². The van der Waals surface area contributed by atoms with E-state index in [0.717, 1.165) is 67.3 Å². The van der Waals surface area contributed by atoms with Crippen molar-refractivity contribution in [3.8, 4) is 55.2 Å². The Balaban J connectivity index is 1.22. The molecule has 0 N–H and O–H groups in total. The van der Waals surface area contributed by atoms with Gasteiger partial charge in [0.2, 0.25) is 0 Å². The van der Waals surface area contributed by atoms with Gasteiger partial charge < -0.3 is 14.4 Å². The van der Waals surface area contributed by atoms with Crippen LogP contribution in [0.15, 0.2) is 146 Å². The molecule has 0 aliphatic carbocycles. The highest BCUT2D eigenvalue weighted by molar-refractivity contribution is 7.18. The third-order valence-electron chi connectivity index (χ3n) is 7.64. The first kappa shape index (κ1) is 29.0. The predicted octanol–water partition coefficient (Wildman–Crippen LogP) is 10.1. The first-order chi connectivity index (χ1) is 22.7. The molecule has 4 aromatic heterocycles. The van der Waals surface area contributed by atoms with Crippen LogP contribution in [0.1, 0.15) is 0 Å². The van der Waals surface area contributed by atoms with E-state index in [1.54, 1.807) is 38.0 Å². The molecule has 7 heteroatoms. The van der Waals surface area contributed by atoms with Crippen LogP contribution in [-0.2, 0) is 0 Å². The molecule has 0 saturated carbocycles. The molecule has 7 aromatic rings. The Kier molecular flexibility index (Phi) is 8.22. The summed E-state index contributed by atoms with van der Waals surface area (Å²) < 4.78 is 10.8. The van der Waals surface area contributed by atoms with Crippen LogP contribution in [0, 0.1) is 0 Å². The van der Waals surface area contributed by atoms with Gasteiger partial charge in [0.05, 0.1) is 37.0 Å². The van der Waals surface area contributed by atoms with Gasteiger partial charge in [-0.25, -0.2) is 4.98 Å². The van der Waals surface area contributed by atoms with Gasteiger partial charge in [0, 0.05) is 39.2 Å². The van der Waals surface area contributed by atoms with Gasteiger partial charge in [0.15, 0.2) is 0 Å². The van der Waals surface area contributed by atoms with Crippen LogP contribution in [0.2, 0.25) is 0 Å². The van der Waals surface area contributed by atoms with E-state index in [4.69, 9.17) is 14.5 Å². The van der Waals surface area contributed by atoms with Gasteiger partial charge in [-0.05, 0) is 120 Å². The number of hydrogen-bond acceptors (Lipinski definition) is 7. The molecule has 0 unspecified atom stereocenters. The van der Waals surface area contributed by atoms with E-state index in [-0.39, 0.29) is 0 Å². The molecule has 0 fully saturated rings. The van der Waals surface area contributed by atoms with Crippen molar-refractivity contribution in [1.29, 1.82) is 0 Å². The largest absolute Gasteiger partial charge is 0.497 e. The quantitative estimate of drug-likeness (QED) is 0.160. The Morgan fingerprint density at radius 3 is 1.37 bits per heavy atom. The first-order valence-corrected chi connectivity index (χ1v) is 15.6. The van der Waals surface area contributed by atoms with Crippen molar-refractivity contribution in [2.24, 2.45) is 0 Å². The number of pyridine rings is 3. The van der Waals surface area contributed by atoms with Crippen LogP contribution in [0.5, 0.6) is 11.5 Å². The van der Waals surface area contributed by atoms with Crippen LogP contribution in [-0.4, -0.2) is 29.2 Å². The lowest BCUT2D eigenvalue weighted by Gasteiger charge is -2.26. The SMILES string of the molecule is COc1ccc(N(c2ccc(OC)cc2)c2ccc(-c3ccc(-c4cc(-c5ccccn5)nc(-c5ccccn5)c4)s3)cc2)cc1. The number of ether oxygens (including phenoxy) is 2. The molecule has 224 valence electrons. The van der Waals surface area contributed by atoms with Gasteiger partial charge in [0.1, 0.15) is 11.5 Å². The Bertz CT molecular complexity index is 1940. The van der Waals surface area contributed by atoms with Crippen molar-refractivity contribution < 1.29 is 9.47 Å². The first-order valence-electron chi connectivity index (χ1n) is 14.8. The van der Waals surface area contributed by atoms with Crippen molar-refractivity contribution in [3.63, 3.8) is 0 Å². The smallest absolute Gasteiger partial charge is 0.119 e. The maximum Gasteiger partial charge on any atom is 0.119 e. The number of rotatable bonds is 9. The number of methoxy groups -OCH3 is 2. The fourth-order valence-corrected chi connectivity index (χ4v) is 6.30. The van der Waals surface area contributed by atoms with E-state index in [9.17, 15) is 0 Å². The molecule has 0 aliphatic heterocycles. The molecular formula is C39H30N4O2S. The number of hydrogen-bond donors (Lipinski definition) is 0. The van der Waals surface area contributed by atoms with Gasteiger partial charge in [-0.1, -0.05) is 24.3 Å². The average molecular weight is 619 g/mol. The van der Waals surface area contributed by atoms with Gasteiger partial charge in [-0.15, -0.1) is 11.3 Å². The molecule has 0 spiro atoms. The highest BCUT2D eigenvalue weighted by Crippen LogP contribution is 2.40. The molecule has 0 aliphatic rings. The molecule has 6 nitrogen and oxygen atoms in total. The van der Waals surface area contributed by atoms with Gasteiger partial charge in [0.25, 0.3) is 0 Å². The number of anilines is 3. The Morgan fingerprint density at radius 2 is 0.935 bits per heavy atom. The van der Waals surface area contributed by atoms with Crippen LogP contribution >= 0.6 is 11.3 Å². The van der Waals surface area contributed by atoms with Crippen molar-refractivity contribution in [1.82, 2.24) is 15.0 Å². The molecule has 4 heterocycles. The Morgan fingerprint density at radius 1 is 0.478 bits per heavy atom. The van der Waals surface area contributed by atoms with E-state index >= 15 is 0 Å². The van der Waals surface area contributed by atoms with Crippen LogP contribution in [0.4, 0.5) is 17.1 Å². The molecule has 46 heavy (non-hydrogen) atoms. The summed E-state index contributed by atoms with van der Waals surface area (Å²) in [5.74, 6) is 1.63. The second-order valence-corrected chi connectivity index (χ2v) is 11.6. The Labute approximate surface area is 272 Å². The van der Waals surface area contributed by atoms with Gasteiger partial charge >= 0.3 is 0 Å². The molecule has 3 aromatic carbocycles. The fraction of sp³-hybridized carbons (Fsp3) is 0.0513. The zero-order chi connectivity index (χ0) is 31.3. The monoisotopic (exact) mass is 618 g/mol. The average Bonchev–Trinajstić information content (AvgIpc) is 3.64. The zero-order valence-electron chi connectivity index (χ0n) is 25.4. The highest BCUT2D eigenvalue weighted by Gasteiger charge is 2.15. The van der Waals surface area contributed by atoms with Crippen LogP contribution in [0.3, 0.4) is 0 Å².